The first kappa shape index (κ1) is 15.8. The van der Waals surface area contributed by atoms with Crippen LogP contribution in [-0.2, 0) is 0 Å². The van der Waals surface area contributed by atoms with Gasteiger partial charge in [-0.05, 0) is 32.0 Å². The van der Waals surface area contributed by atoms with Crippen molar-refractivity contribution < 1.29 is 9.50 Å². The number of aliphatic hydroxyl groups is 1. The molecule has 0 atom stereocenters. The Morgan fingerprint density at radius 1 is 1.37 bits per heavy atom. The van der Waals surface area contributed by atoms with Crippen LogP contribution in [-0.4, -0.2) is 31.3 Å². The number of nitrogens with zero attached hydrogens (tertiary/aromatic N) is 1. The number of aliphatic hydroxyl groups excluding tert-OH is 1. The minimum Gasteiger partial charge on any atom is -0.396 e. The van der Waals surface area contributed by atoms with Gasteiger partial charge in [0.25, 0.3) is 0 Å². The van der Waals surface area contributed by atoms with Crippen molar-refractivity contribution in [1.82, 2.24) is 0 Å². The molecule has 0 aliphatic rings. The number of nitrogens with one attached hydrogen (secondary N) is 1. The van der Waals surface area contributed by atoms with Gasteiger partial charge in [-0.2, -0.15) is 0 Å². The van der Waals surface area contributed by atoms with E-state index in [1.807, 2.05) is 45.7 Å². The fraction of sp³-hybridized carbons (Fsp3) is 0.600. The SMILES string of the molecule is CC(C)N(C)c1ccc(NCC(C)(C)CO)cc1F. The lowest BCUT2D eigenvalue weighted by Gasteiger charge is -2.25. The van der Waals surface area contributed by atoms with Gasteiger partial charge in [-0.3, -0.25) is 0 Å². The van der Waals surface area contributed by atoms with Crippen molar-refractivity contribution in [3.8, 4) is 0 Å². The quantitative estimate of drug-likeness (QED) is 0.832. The molecule has 4 heteroatoms. The lowest BCUT2D eigenvalue weighted by Crippen LogP contribution is -2.27. The lowest BCUT2D eigenvalue weighted by atomic mass is 9.95. The third-order valence-electron chi connectivity index (χ3n) is 3.30. The predicted octanol–water partition coefficient (Wildman–Crippen LogP) is 3.10. The van der Waals surface area contributed by atoms with Gasteiger partial charge in [0, 0.05) is 37.3 Å². The van der Waals surface area contributed by atoms with Gasteiger partial charge in [-0.15, -0.1) is 0 Å². The summed E-state index contributed by atoms with van der Waals surface area (Å²) < 4.78 is 14.0. The minimum atomic E-state index is -0.233. The van der Waals surface area contributed by atoms with Crippen molar-refractivity contribution >= 4 is 11.4 Å². The Bertz CT molecular complexity index is 419. The largest absolute Gasteiger partial charge is 0.396 e. The van der Waals surface area contributed by atoms with Gasteiger partial charge in [0.15, 0.2) is 0 Å². The van der Waals surface area contributed by atoms with Crippen LogP contribution >= 0.6 is 0 Å². The Labute approximate surface area is 115 Å². The van der Waals surface area contributed by atoms with Gasteiger partial charge in [0.05, 0.1) is 5.69 Å². The number of benzene rings is 1. The molecule has 0 fully saturated rings. The average molecular weight is 268 g/mol. The molecule has 1 aromatic rings. The normalized spacial score (nSPS) is 11.8. The maximum atomic E-state index is 14.0. The van der Waals surface area contributed by atoms with Gasteiger partial charge < -0.3 is 15.3 Å². The Hall–Kier alpha value is -1.29. The van der Waals surface area contributed by atoms with E-state index in [0.29, 0.717) is 12.2 Å². The molecule has 0 aliphatic heterocycles. The van der Waals surface area contributed by atoms with Crippen LogP contribution in [0.5, 0.6) is 0 Å². The van der Waals surface area contributed by atoms with E-state index in [1.54, 1.807) is 6.07 Å². The molecule has 0 spiro atoms. The number of rotatable bonds is 6. The summed E-state index contributed by atoms with van der Waals surface area (Å²) in [6, 6.07) is 5.40. The van der Waals surface area contributed by atoms with Crippen LogP contribution in [0.2, 0.25) is 0 Å². The van der Waals surface area contributed by atoms with Crippen molar-refractivity contribution in [3.63, 3.8) is 0 Å². The number of hydrogen-bond acceptors (Lipinski definition) is 3. The van der Waals surface area contributed by atoms with Crippen LogP contribution < -0.4 is 10.2 Å². The smallest absolute Gasteiger partial charge is 0.148 e. The first-order valence-electron chi connectivity index (χ1n) is 6.64. The Morgan fingerprint density at radius 2 is 2.00 bits per heavy atom. The van der Waals surface area contributed by atoms with E-state index in [0.717, 1.165) is 5.69 Å². The molecular weight excluding hydrogens is 243 g/mol. The summed E-state index contributed by atoms with van der Waals surface area (Å²) in [6.45, 7) is 8.65. The molecule has 1 rings (SSSR count). The van der Waals surface area contributed by atoms with E-state index < -0.39 is 0 Å². The molecule has 0 saturated heterocycles. The zero-order valence-electron chi connectivity index (χ0n) is 12.5. The van der Waals surface area contributed by atoms with Crippen LogP contribution in [0.1, 0.15) is 27.7 Å². The van der Waals surface area contributed by atoms with Gasteiger partial charge in [-0.1, -0.05) is 13.8 Å². The van der Waals surface area contributed by atoms with Gasteiger partial charge >= 0.3 is 0 Å². The van der Waals surface area contributed by atoms with Gasteiger partial charge in [0.1, 0.15) is 5.82 Å². The van der Waals surface area contributed by atoms with E-state index in [1.165, 1.54) is 6.07 Å². The highest BCUT2D eigenvalue weighted by molar-refractivity contribution is 5.56. The molecule has 0 unspecified atom stereocenters. The highest BCUT2D eigenvalue weighted by atomic mass is 19.1. The van der Waals surface area contributed by atoms with Crippen LogP contribution in [0.25, 0.3) is 0 Å². The number of hydrogen-bond donors (Lipinski definition) is 2. The van der Waals surface area contributed by atoms with Crippen molar-refractivity contribution in [2.45, 2.75) is 33.7 Å². The zero-order valence-corrected chi connectivity index (χ0v) is 12.5. The summed E-state index contributed by atoms with van der Waals surface area (Å²) in [7, 11) is 1.88. The van der Waals surface area contributed by atoms with Gasteiger partial charge in [-0.25, -0.2) is 4.39 Å². The third-order valence-corrected chi connectivity index (χ3v) is 3.30. The summed E-state index contributed by atoms with van der Waals surface area (Å²) in [6.07, 6.45) is 0. The second-order valence-electron chi connectivity index (χ2n) is 6.05. The second kappa shape index (κ2) is 6.24. The maximum absolute atomic E-state index is 14.0. The maximum Gasteiger partial charge on any atom is 0.148 e. The average Bonchev–Trinajstić information content (AvgIpc) is 2.36. The van der Waals surface area contributed by atoms with Crippen LogP contribution in [0.3, 0.4) is 0 Å². The van der Waals surface area contributed by atoms with E-state index >= 15 is 0 Å². The minimum absolute atomic E-state index is 0.0939. The third kappa shape index (κ3) is 4.39. The van der Waals surface area contributed by atoms with Crippen molar-refractivity contribution in [2.24, 2.45) is 5.41 Å². The van der Waals surface area contributed by atoms with Crippen LogP contribution in [0, 0.1) is 11.2 Å². The highest BCUT2D eigenvalue weighted by Gasteiger charge is 2.16. The lowest BCUT2D eigenvalue weighted by molar-refractivity contribution is 0.171. The standard InChI is InChI=1S/C15H25FN2O/c1-11(2)18(5)14-7-6-12(8-13(14)16)17-9-15(3,4)10-19/h6-8,11,17,19H,9-10H2,1-5H3. The summed E-state index contributed by atoms with van der Waals surface area (Å²) in [5, 5.41) is 12.3. The van der Waals surface area contributed by atoms with E-state index in [4.69, 9.17) is 0 Å². The van der Waals surface area contributed by atoms with E-state index in [-0.39, 0.29) is 23.9 Å². The summed E-state index contributed by atoms with van der Waals surface area (Å²) in [5.74, 6) is -0.233. The number of halogens is 1. The second-order valence-corrected chi connectivity index (χ2v) is 6.05. The highest BCUT2D eigenvalue weighted by Crippen LogP contribution is 2.24. The summed E-state index contributed by atoms with van der Waals surface area (Å²) in [4.78, 5) is 1.90. The molecule has 0 aromatic heterocycles. The Morgan fingerprint density at radius 3 is 2.47 bits per heavy atom. The van der Waals surface area contributed by atoms with Gasteiger partial charge in [0.2, 0.25) is 0 Å². The summed E-state index contributed by atoms with van der Waals surface area (Å²) in [5.41, 5.74) is 1.12. The zero-order chi connectivity index (χ0) is 14.6. The number of anilines is 2. The topological polar surface area (TPSA) is 35.5 Å². The molecular formula is C15H25FN2O. The summed E-state index contributed by atoms with van der Waals surface area (Å²) >= 11 is 0. The fourth-order valence-corrected chi connectivity index (χ4v) is 1.58. The Kier molecular flexibility index (Phi) is 5.18. The van der Waals surface area contributed by atoms with E-state index in [2.05, 4.69) is 5.32 Å². The first-order valence-corrected chi connectivity index (χ1v) is 6.64. The molecule has 0 amide bonds. The molecule has 108 valence electrons. The molecule has 0 heterocycles. The van der Waals surface area contributed by atoms with Crippen LogP contribution in [0.15, 0.2) is 18.2 Å². The van der Waals surface area contributed by atoms with Crippen molar-refractivity contribution in [3.05, 3.63) is 24.0 Å². The molecule has 3 nitrogen and oxygen atoms in total. The predicted molar refractivity (Wildman–Crippen MR) is 79.3 cm³/mol. The molecule has 2 N–H and O–H groups in total. The molecule has 0 aliphatic carbocycles. The molecule has 0 bridgehead atoms. The molecule has 0 saturated carbocycles. The molecule has 19 heavy (non-hydrogen) atoms. The van der Waals surface area contributed by atoms with E-state index in [9.17, 15) is 9.50 Å². The van der Waals surface area contributed by atoms with Crippen molar-refractivity contribution in [1.29, 1.82) is 0 Å². The van der Waals surface area contributed by atoms with Crippen LogP contribution in [0.4, 0.5) is 15.8 Å². The monoisotopic (exact) mass is 268 g/mol. The first-order chi connectivity index (χ1) is 8.76. The van der Waals surface area contributed by atoms with Crippen molar-refractivity contribution in [2.75, 3.05) is 30.4 Å². The molecule has 0 radical (unpaired) electrons. The molecule has 1 aromatic carbocycles. The Balaban J connectivity index is 2.77. The fourth-order valence-electron chi connectivity index (χ4n) is 1.58.